The number of rotatable bonds is 5. The molecule has 6 nitrogen and oxygen atoms in total. The van der Waals surface area contributed by atoms with Crippen molar-refractivity contribution in [2.24, 2.45) is 0 Å². The summed E-state index contributed by atoms with van der Waals surface area (Å²) in [6.07, 6.45) is 0.646. The first-order valence-corrected chi connectivity index (χ1v) is 13.0. The van der Waals surface area contributed by atoms with Gasteiger partial charge in [0.2, 0.25) is 4.77 Å². The van der Waals surface area contributed by atoms with E-state index in [1.165, 1.54) is 5.56 Å². The van der Waals surface area contributed by atoms with Gasteiger partial charge in [0.25, 0.3) is 0 Å². The quantitative estimate of drug-likeness (QED) is 0.516. The van der Waals surface area contributed by atoms with Gasteiger partial charge in [0.1, 0.15) is 0 Å². The van der Waals surface area contributed by atoms with E-state index in [2.05, 4.69) is 45.0 Å². The van der Waals surface area contributed by atoms with Crippen molar-refractivity contribution >= 4 is 22.1 Å². The minimum absolute atomic E-state index is 0.0155. The zero-order valence-electron chi connectivity index (χ0n) is 19.0. The van der Waals surface area contributed by atoms with Gasteiger partial charge in [-0.25, -0.2) is 13.1 Å². The van der Waals surface area contributed by atoms with Gasteiger partial charge in [0, 0.05) is 17.3 Å². The zero-order chi connectivity index (χ0) is 23.1. The minimum atomic E-state index is -2.95. The Morgan fingerprint density at radius 3 is 2.31 bits per heavy atom. The Bertz CT molecular complexity index is 1250. The van der Waals surface area contributed by atoms with Crippen LogP contribution in [-0.4, -0.2) is 52.3 Å². The molecule has 0 spiro atoms. The SMILES string of the molecule is CN(Cn1nc(-c2ccc(C(C)(C)C)cc2)n(-c2ccccc2)c1=S)[C@@H]1CCS(=O)(=O)C1. The molecule has 1 aromatic heterocycles. The number of nitrogens with zero attached hydrogens (tertiary/aromatic N) is 4. The summed E-state index contributed by atoms with van der Waals surface area (Å²) in [4.78, 5) is 2.04. The van der Waals surface area contributed by atoms with Gasteiger partial charge < -0.3 is 0 Å². The smallest absolute Gasteiger partial charge is 0.204 e. The van der Waals surface area contributed by atoms with E-state index in [9.17, 15) is 8.42 Å². The molecule has 0 amide bonds. The first kappa shape index (κ1) is 22.9. The van der Waals surface area contributed by atoms with Gasteiger partial charge in [-0.15, -0.1) is 5.10 Å². The fourth-order valence-electron chi connectivity index (χ4n) is 4.07. The Hall–Kier alpha value is -2.29. The van der Waals surface area contributed by atoms with Crippen LogP contribution < -0.4 is 0 Å². The number of sulfone groups is 1. The number of aromatic nitrogens is 3. The van der Waals surface area contributed by atoms with Crippen molar-refractivity contribution in [3.63, 3.8) is 0 Å². The predicted octanol–water partition coefficient (Wildman–Crippen LogP) is 4.44. The second-order valence-electron chi connectivity index (χ2n) is 9.56. The topological polar surface area (TPSA) is 60.1 Å². The Morgan fingerprint density at radius 1 is 1.09 bits per heavy atom. The van der Waals surface area contributed by atoms with Crippen LogP contribution in [0, 0.1) is 4.77 Å². The van der Waals surface area contributed by atoms with Gasteiger partial charge in [-0.2, -0.15) is 0 Å². The highest BCUT2D eigenvalue weighted by Gasteiger charge is 2.31. The van der Waals surface area contributed by atoms with Crippen molar-refractivity contribution in [3.8, 4) is 17.1 Å². The molecular weight excluding hydrogens is 440 g/mol. The van der Waals surface area contributed by atoms with Crippen molar-refractivity contribution in [3.05, 3.63) is 64.9 Å². The zero-order valence-corrected chi connectivity index (χ0v) is 20.7. The van der Waals surface area contributed by atoms with Crippen molar-refractivity contribution in [2.45, 2.75) is 45.3 Å². The third kappa shape index (κ3) is 4.72. The van der Waals surface area contributed by atoms with Gasteiger partial charge in [-0.05, 0) is 48.8 Å². The normalized spacial score (nSPS) is 18.3. The molecule has 3 aromatic rings. The maximum absolute atomic E-state index is 11.9. The van der Waals surface area contributed by atoms with E-state index in [4.69, 9.17) is 17.3 Å². The lowest BCUT2D eigenvalue weighted by atomic mass is 9.87. The molecule has 32 heavy (non-hydrogen) atoms. The molecule has 0 radical (unpaired) electrons. The van der Waals surface area contributed by atoms with Crippen LogP contribution in [-0.2, 0) is 21.9 Å². The summed E-state index contributed by atoms with van der Waals surface area (Å²) in [5, 5.41) is 4.88. The van der Waals surface area contributed by atoms with E-state index >= 15 is 0 Å². The first-order valence-electron chi connectivity index (χ1n) is 10.8. The second kappa shape index (κ2) is 8.57. The molecule has 4 rings (SSSR count). The van der Waals surface area contributed by atoms with Crippen LogP contribution in [0.5, 0.6) is 0 Å². The van der Waals surface area contributed by atoms with Crippen LogP contribution in [0.4, 0.5) is 0 Å². The van der Waals surface area contributed by atoms with Crippen molar-refractivity contribution in [1.82, 2.24) is 19.2 Å². The monoisotopic (exact) mass is 470 g/mol. The van der Waals surface area contributed by atoms with E-state index in [0.29, 0.717) is 17.9 Å². The Labute approximate surface area is 195 Å². The number of para-hydroxylation sites is 1. The van der Waals surface area contributed by atoms with Crippen molar-refractivity contribution < 1.29 is 8.42 Å². The summed E-state index contributed by atoms with van der Waals surface area (Å²) in [7, 11) is -1.01. The maximum atomic E-state index is 11.9. The second-order valence-corrected chi connectivity index (χ2v) is 12.2. The summed E-state index contributed by atoms with van der Waals surface area (Å²) >= 11 is 5.84. The van der Waals surface area contributed by atoms with Gasteiger partial charge in [0.15, 0.2) is 15.7 Å². The third-order valence-corrected chi connectivity index (χ3v) is 8.20. The summed E-state index contributed by atoms with van der Waals surface area (Å²) in [6, 6.07) is 18.4. The van der Waals surface area contributed by atoms with Crippen LogP contribution in [0.1, 0.15) is 32.8 Å². The molecule has 1 saturated heterocycles. The fraction of sp³-hybridized carbons (Fsp3) is 0.417. The molecule has 0 N–H and O–H groups in total. The Balaban J connectivity index is 1.74. The van der Waals surface area contributed by atoms with Gasteiger partial charge in [-0.1, -0.05) is 63.2 Å². The largest absolute Gasteiger partial charge is 0.283 e. The summed E-state index contributed by atoms with van der Waals surface area (Å²) < 4.78 is 28.2. The fourth-order valence-corrected chi connectivity index (χ4v) is 6.16. The molecule has 2 aromatic carbocycles. The molecular formula is C24H30N4O2S2. The van der Waals surface area contributed by atoms with Crippen LogP contribution in [0.2, 0.25) is 0 Å². The number of benzene rings is 2. The maximum Gasteiger partial charge on any atom is 0.204 e. The highest BCUT2D eigenvalue weighted by Crippen LogP contribution is 2.27. The predicted molar refractivity (Wildman–Crippen MR) is 131 cm³/mol. The molecule has 0 bridgehead atoms. The highest BCUT2D eigenvalue weighted by molar-refractivity contribution is 7.91. The molecule has 8 heteroatoms. The van der Waals surface area contributed by atoms with E-state index in [0.717, 1.165) is 17.1 Å². The van der Waals surface area contributed by atoms with E-state index in [-0.39, 0.29) is 23.0 Å². The van der Waals surface area contributed by atoms with E-state index in [1.807, 2.05) is 46.8 Å². The van der Waals surface area contributed by atoms with Crippen molar-refractivity contribution in [2.75, 3.05) is 18.6 Å². The number of hydrogen-bond donors (Lipinski definition) is 0. The molecule has 1 fully saturated rings. The molecule has 0 aliphatic carbocycles. The summed E-state index contributed by atoms with van der Waals surface area (Å²) in [6.45, 7) is 7.02. The average molecular weight is 471 g/mol. The third-order valence-electron chi connectivity index (χ3n) is 6.05. The highest BCUT2D eigenvalue weighted by atomic mass is 32.2. The van der Waals surface area contributed by atoms with Gasteiger partial charge >= 0.3 is 0 Å². The lowest BCUT2D eigenvalue weighted by molar-refractivity contribution is 0.196. The molecule has 170 valence electrons. The summed E-state index contributed by atoms with van der Waals surface area (Å²) in [5.41, 5.74) is 3.26. The van der Waals surface area contributed by atoms with Crippen LogP contribution >= 0.6 is 12.2 Å². The minimum Gasteiger partial charge on any atom is -0.283 e. The Kier molecular flexibility index (Phi) is 6.13. The summed E-state index contributed by atoms with van der Waals surface area (Å²) in [5.74, 6) is 1.21. The van der Waals surface area contributed by atoms with Crippen LogP contribution in [0.3, 0.4) is 0 Å². The van der Waals surface area contributed by atoms with E-state index in [1.54, 1.807) is 4.68 Å². The van der Waals surface area contributed by atoms with Crippen LogP contribution in [0.25, 0.3) is 17.1 Å². The molecule has 2 heterocycles. The van der Waals surface area contributed by atoms with Gasteiger partial charge in [-0.3, -0.25) is 9.47 Å². The lowest BCUT2D eigenvalue weighted by Crippen LogP contribution is -2.34. The molecule has 1 aliphatic rings. The number of hydrogen-bond acceptors (Lipinski definition) is 5. The van der Waals surface area contributed by atoms with Crippen molar-refractivity contribution in [1.29, 1.82) is 0 Å². The van der Waals surface area contributed by atoms with Crippen LogP contribution in [0.15, 0.2) is 54.6 Å². The first-order chi connectivity index (χ1) is 15.0. The average Bonchev–Trinajstić information content (AvgIpc) is 3.27. The van der Waals surface area contributed by atoms with Gasteiger partial charge in [0.05, 0.1) is 18.2 Å². The molecule has 1 atom stereocenters. The lowest BCUT2D eigenvalue weighted by Gasteiger charge is -2.22. The molecule has 1 aliphatic heterocycles. The molecule has 0 unspecified atom stereocenters. The van der Waals surface area contributed by atoms with E-state index < -0.39 is 9.84 Å². The molecule has 0 saturated carbocycles. The standard InChI is InChI=1S/C24H30N4O2S2/c1-24(2,3)19-12-10-18(11-13-19)22-25-27(17-26(4)21-14-15-32(29,30)16-21)23(31)28(22)20-8-6-5-7-9-20/h5-13,21H,14-17H2,1-4H3/t21-/m1/s1. The Morgan fingerprint density at radius 2 is 1.75 bits per heavy atom.